The maximum atomic E-state index is 10.9. The zero-order chi connectivity index (χ0) is 14.2. The summed E-state index contributed by atoms with van der Waals surface area (Å²) in [6.45, 7) is 5.78. The molecule has 0 radical (unpaired) electrons. The Hall–Kier alpha value is 0.190. The highest BCUT2D eigenvalue weighted by atomic mass is 31.1. The molecule has 0 rings (SSSR count). The third kappa shape index (κ3) is 18.2. The van der Waals surface area contributed by atoms with Gasteiger partial charge in [-0.3, -0.25) is 0 Å². The van der Waals surface area contributed by atoms with Crippen LogP contribution in [0.1, 0.15) is 77.6 Å². The van der Waals surface area contributed by atoms with Crippen LogP contribution in [0.4, 0.5) is 0 Å². The van der Waals surface area contributed by atoms with E-state index < -0.39 is 7.80 Å². The molecule has 0 aliphatic carbocycles. The third-order valence-electron chi connectivity index (χ3n) is 3.46. The molecule has 0 saturated heterocycles. The number of hydrogen-bond donors (Lipinski definition) is 0. The molecule has 0 saturated carbocycles. The minimum atomic E-state index is -1.28. The molecular weight excluding hydrogens is 255 g/mol. The SMILES string of the molecule is CCCCCCCCCCCCOCCC[PH](C)=O. The lowest BCUT2D eigenvalue weighted by Gasteiger charge is -2.04. The molecular formula is C16H35O2P. The van der Waals surface area contributed by atoms with Crippen LogP contribution in [0.2, 0.25) is 0 Å². The molecule has 2 nitrogen and oxygen atoms in total. The Morgan fingerprint density at radius 2 is 1.21 bits per heavy atom. The lowest BCUT2D eigenvalue weighted by atomic mass is 10.1. The summed E-state index contributed by atoms with van der Waals surface area (Å²) in [7, 11) is -1.28. The van der Waals surface area contributed by atoms with E-state index in [1.54, 1.807) is 0 Å². The van der Waals surface area contributed by atoms with E-state index in [9.17, 15) is 4.57 Å². The fraction of sp³-hybridized carbons (Fsp3) is 1.00. The molecule has 0 aliphatic heterocycles. The van der Waals surface area contributed by atoms with Crippen molar-refractivity contribution < 1.29 is 9.30 Å². The summed E-state index contributed by atoms with van der Waals surface area (Å²) in [6.07, 6.45) is 15.5. The van der Waals surface area contributed by atoms with E-state index >= 15 is 0 Å². The fourth-order valence-electron chi connectivity index (χ4n) is 2.22. The molecule has 19 heavy (non-hydrogen) atoms. The lowest BCUT2D eigenvalue weighted by molar-refractivity contribution is 0.131. The molecule has 0 aliphatic rings. The van der Waals surface area contributed by atoms with Gasteiger partial charge in [0, 0.05) is 19.4 Å². The highest BCUT2D eigenvalue weighted by molar-refractivity contribution is 7.43. The van der Waals surface area contributed by atoms with Crippen molar-refractivity contribution in [2.24, 2.45) is 0 Å². The van der Waals surface area contributed by atoms with Crippen LogP contribution in [0.15, 0.2) is 0 Å². The standard InChI is InChI=1S/C16H35O2P/c1-3-4-5-6-7-8-9-10-11-12-14-18-15-13-16-19(2)17/h19H,3-16H2,1-2H3. The molecule has 0 N–H and O–H groups in total. The molecule has 0 aromatic heterocycles. The monoisotopic (exact) mass is 290 g/mol. The van der Waals surface area contributed by atoms with Crippen molar-refractivity contribution >= 4 is 7.80 Å². The first kappa shape index (κ1) is 19.2. The summed E-state index contributed by atoms with van der Waals surface area (Å²) < 4.78 is 16.4. The van der Waals surface area contributed by atoms with Crippen LogP contribution in [-0.2, 0) is 9.30 Å². The van der Waals surface area contributed by atoms with Crippen molar-refractivity contribution in [1.82, 2.24) is 0 Å². The van der Waals surface area contributed by atoms with Gasteiger partial charge in [-0.15, -0.1) is 0 Å². The Kier molecular flexibility index (Phi) is 16.4. The summed E-state index contributed by atoms with van der Waals surface area (Å²) in [6, 6.07) is 0. The quantitative estimate of drug-likeness (QED) is 0.294. The summed E-state index contributed by atoms with van der Waals surface area (Å²) >= 11 is 0. The van der Waals surface area contributed by atoms with Crippen LogP contribution in [0.25, 0.3) is 0 Å². The lowest BCUT2D eigenvalue weighted by Crippen LogP contribution is -1.98. The van der Waals surface area contributed by atoms with Gasteiger partial charge in [0.2, 0.25) is 0 Å². The van der Waals surface area contributed by atoms with Gasteiger partial charge < -0.3 is 9.30 Å². The van der Waals surface area contributed by atoms with E-state index in [1.807, 2.05) is 6.66 Å². The first-order valence-corrected chi connectivity index (χ1v) is 10.5. The number of unbranched alkanes of at least 4 members (excludes halogenated alkanes) is 9. The van der Waals surface area contributed by atoms with Crippen molar-refractivity contribution in [3.05, 3.63) is 0 Å². The van der Waals surface area contributed by atoms with Crippen LogP contribution in [0.5, 0.6) is 0 Å². The molecule has 1 unspecified atom stereocenters. The fourth-order valence-corrected chi connectivity index (χ4v) is 2.86. The van der Waals surface area contributed by atoms with Crippen molar-refractivity contribution in [3.63, 3.8) is 0 Å². The van der Waals surface area contributed by atoms with Gasteiger partial charge in [-0.1, -0.05) is 64.7 Å². The zero-order valence-electron chi connectivity index (χ0n) is 13.2. The predicted molar refractivity (Wildman–Crippen MR) is 87.1 cm³/mol. The molecule has 1 atom stereocenters. The van der Waals surface area contributed by atoms with Crippen LogP contribution >= 0.6 is 7.80 Å². The maximum absolute atomic E-state index is 10.9. The molecule has 0 fully saturated rings. The Labute approximate surface area is 121 Å². The highest BCUT2D eigenvalue weighted by Crippen LogP contribution is 2.14. The van der Waals surface area contributed by atoms with Crippen LogP contribution in [-0.4, -0.2) is 26.0 Å². The Morgan fingerprint density at radius 1 is 0.737 bits per heavy atom. The van der Waals surface area contributed by atoms with Crippen molar-refractivity contribution in [1.29, 1.82) is 0 Å². The smallest absolute Gasteiger partial charge is 0.0733 e. The third-order valence-corrected chi connectivity index (χ3v) is 4.52. The Morgan fingerprint density at radius 3 is 1.74 bits per heavy atom. The molecule has 3 heteroatoms. The van der Waals surface area contributed by atoms with E-state index in [4.69, 9.17) is 4.74 Å². The van der Waals surface area contributed by atoms with Crippen LogP contribution < -0.4 is 0 Å². The largest absolute Gasteiger partial charge is 0.381 e. The Balaban J connectivity index is 2.93. The molecule has 0 amide bonds. The maximum Gasteiger partial charge on any atom is 0.0733 e. The summed E-state index contributed by atoms with van der Waals surface area (Å²) in [5.74, 6) is 0. The van der Waals surface area contributed by atoms with Gasteiger partial charge in [-0.25, -0.2) is 0 Å². The van der Waals surface area contributed by atoms with E-state index in [0.717, 1.165) is 25.8 Å². The summed E-state index contributed by atoms with van der Waals surface area (Å²) in [5.41, 5.74) is 0. The molecule has 116 valence electrons. The second-order valence-electron chi connectivity index (χ2n) is 5.60. The topological polar surface area (TPSA) is 26.3 Å². The highest BCUT2D eigenvalue weighted by Gasteiger charge is 1.94. The van der Waals surface area contributed by atoms with E-state index in [-0.39, 0.29) is 0 Å². The predicted octanol–water partition coefficient (Wildman–Crippen LogP) is 5.50. The summed E-state index contributed by atoms with van der Waals surface area (Å²) in [4.78, 5) is 0. The summed E-state index contributed by atoms with van der Waals surface area (Å²) in [5, 5.41) is 0. The molecule has 0 aromatic rings. The van der Waals surface area contributed by atoms with Gasteiger partial charge in [0.25, 0.3) is 0 Å². The Bertz CT molecular complexity index is 195. The first-order chi connectivity index (χ1) is 9.27. The van der Waals surface area contributed by atoms with Crippen molar-refractivity contribution in [2.45, 2.75) is 77.6 Å². The zero-order valence-corrected chi connectivity index (χ0v) is 14.2. The van der Waals surface area contributed by atoms with Crippen LogP contribution in [0.3, 0.4) is 0 Å². The minimum Gasteiger partial charge on any atom is -0.381 e. The van der Waals surface area contributed by atoms with Gasteiger partial charge in [0.15, 0.2) is 0 Å². The van der Waals surface area contributed by atoms with Crippen molar-refractivity contribution in [3.8, 4) is 0 Å². The van der Waals surface area contributed by atoms with E-state index in [1.165, 1.54) is 64.2 Å². The first-order valence-electron chi connectivity index (χ1n) is 8.34. The average Bonchev–Trinajstić information content (AvgIpc) is 2.39. The van der Waals surface area contributed by atoms with Crippen molar-refractivity contribution in [2.75, 3.05) is 26.0 Å². The second kappa shape index (κ2) is 16.2. The number of ether oxygens (including phenoxy) is 1. The number of rotatable bonds is 15. The second-order valence-corrected chi connectivity index (χ2v) is 7.50. The molecule has 0 bridgehead atoms. The molecule has 0 spiro atoms. The van der Waals surface area contributed by atoms with Crippen LogP contribution in [0, 0.1) is 0 Å². The van der Waals surface area contributed by atoms with E-state index in [0.29, 0.717) is 0 Å². The molecule has 0 aromatic carbocycles. The van der Waals surface area contributed by atoms with Gasteiger partial charge >= 0.3 is 0 Å². The molecule has 0 heterocycles. The van der Waals surface area contributed by atoms with Gasteiger partial charge in [0.05, 0.1) is 7.80 Å². The van der Waals surface area contributed by atoms with Gasteiger partial charge in [0.1, 0.15) is 0 Å². The van der Waals surface area contributed by atoms with Gasteiger partial charge in [-0.05, 0) is 19.5 Å². The van der Waals surface area contributed by atoms with E-state index in [2.05, 4.69) is 6.92 Å². The normalized spacial score (nSPS) is 12.7. The average molecular weight is 290 g/mol. The van der Waals surface area contributed by atoms with Gasteiger partial charge in [-0.2, -0.15) is 0 Å². The minimum absolute atomic E-state index is 0.793. The number of hydrogen-bond acceptors (Lipinski definition) is 2.